The van der Waals surface area contributed by atoms with Gasteiger partial charge in [0.25, 0.3) is 0 Å². The van der Waals surface area contributed by atoms with Crippen LogP contribution in [-0.4, -0.2) is 31.7 Å². The van der Waals surface area contributed by atoms with Crippen molar-refractivity contribution in [2.45, 2.75) is 31.9 Å². The number of nitrogens with one attached hydrogen (secondary N) is 2. The minimum atomic E-state index is -0.0593. The zero-order valence-corrected chi connectivity index (χ0v) is 13.3. The molecule has 1 unspecified atom stereocenters. The third-order valence-corrected chi connectivity index (χ3v) is 3.96. The molecule has 1 aliphatic heterocycles. The molecule has 20 heavy (non-hydrogen) atoms. The molecular weight excluding hydrogens is 320 g/mol. The molecule has 1 saturated heterocycles. The molecule has 0 aliphatic carbocycles. The van der Waals surface area contributed by atoms with E-state index in [1.54, 1.807) is 0 Å². The number of carbonyl (C=O) groups is 1. The molecule has 2 rings (SSSR count). The lowest BCUT2D eigenvalue weighted by atomic mass is 10.1. The van der Waals surface area contributed by atoms with Crippen molar-refractivity contribution in [3.63, 3.8) is 0 Å². The number of ether oxygens (including phenoxy) is 1. The van der Waals surface area contributed by atoms with E-state index in [1.165, 1.54) is 0 Å². The normalized spacial score (nSPS) is 17.7. The molecule has 1 aromatic rings. The van der Waals surface area contributed by atoms with E-state index in [-0.39, 0.29) is 24.7 Å². The lowest BCUT2D eigenvalue weighted by Gasteiger charge is -2.23. The van der Waals surface area contributed by atoms with Gasteiger partial charge in [0.15, 0.2) is 0 Å². The van der Waals surface area contributed by atoms with Crippen molar-refractivity contribution in [1.29, 1.82) is 0 Å². The van der Waals surface area contributed by atoms with Gasteiger partial charge in [0.2, 0.25) is 5.91 Å². The fourth-order valence-corrected chi connectivity index (χ4v) is 2.71. The molecule has 2 N–H and O–H groups in total. The number of hydrogen-bond acceptors (Lipinski definition) is 3. The smallest absolute Gasteiger partial charge is 0.246 e. The molecule has 1 heterocycles. The van der Waals surface area contributed by atoms with Crippen molar-refractivity contribution >= 4 is 21.8 Å². The van der Waals surface area contributed by atoms with Gasteiger partial charge in [0.1, 0.15) is 6.61 Å². The van der Waals surface area contributed by atoms with Crippen molar-refractivity contribution in [3.05, 3.63) is 34.3 Å². The summed E-state index contributed by atoms with van der Waals surface area (Å²) in [7, 11) is 0. The second kappa shape index (κ2) is 7.76. The van der Waals surface area contributed by atoms with Gasteiger partial charge in [0.05, 0.1) is 12.1 Å². The Bertz CT molecular complexity index is 447. The predicted octanol–water partition coefficient (Wildman–Crippen LogP) is 2.39. The van der Waals surface area contributed by atoms with Crippen LogP contribution in [0, 0.1) is 0 Å². The number of rotatable bonds is 5. The zero-order chi connectivity index (χ0) is 14.4. The highest BCUT2D eigenvalue weighted by Gasteiger charge is 2.16. The number of amides is 1. The molecule has 1 amide bonds. The fourth-order valence-electron chi connectivity index (χ4n) is 2.30. The Morgan fingerprint density at radius 2 is 2.25 bits per heavy atom. The molecule has 0 aromatic heterocycles. The first-order valence-corrected chi connectivity index (χ1v) is 7.81. The van der Waals surface area contributed by atoms with Crippen LogP contribution < -0.4 is 10.6 Å². The van der Waals surface area contributed by atoms with Gasteiger partial charge in [-0.2, -0.15) is 0 Å². The summed E-state index contributed by atoms with van der Waals surface area (Å²) in [6, 6.07) is 7.94. The van der Waals surface area contributed by atoms with Crippen LogP contribution in [0.25, 0.3) is 0 Å². The Balaban J connectivity index is 1.76. The summed E-state index contributed by atoms with van der Waals surface area (Å²) in [6.07, 6.45) is 2.17. The maximum atomic E-state index is 11.9. The van der Waals surface area contributed by atoms with Gasteiger partial charge >= 0.3 is 0 Å². The van der Waals surface area contributed by atoms with Crippen LogP contribution in [0.15, 0.2) is 28.7 Å². The van der Waals surface area contributed by atoms with Gasteiger partial charge < -0.3 is 15.4 Å². The number of carbonyl (C=O) groups excluding carboxylic acids is 1. The van der Waals surface area contributed by atoms with Crippen LogP contribution in [0.2, 0.25) is 0 Å². The largest absolute Gasteiger partial charge is 0.368 e. The van der Waals surface area contributed by atoms with Crippen molar-refractivity contribution in [2.75, 3.05) is 19.7 Å². The first kappa shape index (κ1) is 15.5. The molecule has 0 spiro atoms. The molecule has 0 radical (unpaired) electrons. The molecular formula is C15H21BrN2O2. The maximum absolute atomic E-state index is 11.9. The third-order valence-electron chi connectivity index (χ3n) is 3.46. The summed E-state index contributed by atoms with van der Waals surface area (Å²) >= 11 is 3.44. The monoisotopic (exact) mass is 340 g/mol. The Hall–Kier alpha value is -0.910. The van der Waals surface area contributed by atoms with Gasteiger partial charge in [-0.25, -0.2) is 0 Å². The Morgan fingerprint density at radius 3 is 2.95 bits per heavy atom. The Kier molecular flexibility index (Phi) is 6.01. The molecule has 1 fully saturated rings. The SMILES string of the molecule is CC(NC(=O)COC1CCNCC1)c1cccc(Br)c1. The topological polar surface area (TPSA) is 50.4 Å². The first-order chi connectivity index (χ1) is 9.65. The van der Waals surface area contributed by atoms with E-state index < -0.39 is 0 Å². The summed E-state index contributed by atoms with van der Waals surface area (Å²) < 4.78 is 6.66. The van der Waals surface area contributed by atoms with Gasteiger partial charge in [-0.05, 0) is 50.6 Å². The van der Waals surface area contributed by atoms with Crippen LogP contribution in [0.5, 0.6) is 0 Å². The maximum Gasteiger partial charge on any atom is 0.246 e. The number of halogens is 1. The first-order valence-electron chi connectivity index (χ1n) is 7.02. The van der Waals surface area contributed by atoms with E-state index >= 15 is 0 Å². The van der Waals surface area contributed by atoms with E-state index in [2.05, 4.69) is 26.6 Å². The summed E-state index contributed by atoms with van der Waals surface area (Å²) in [5.41, 5.74) is 1.08. The number of benzene rings is 1. The third kappa shape index (κ3) is 4.89. The zero-order valence-electron chi connectivity index (χ0n) is 11.7. The number of piperidine rings is 1. The van der Waals surface area contributed by atoms with E-state index in [0.29, 0.717) is 0 Å². The second-order valence-corrected chi connectivity index (χ2v) is 6.02. The standard InChI is InChI=1S/C15H21BrN2O2/c1-11(12-3-2-4-13(16)9-12)18-15(19)10-20-14-5-7-17-8-6-14/h2-4,9,11,14,17H,5-8,10H2,1H3,(H,18,19). The van der Waals surface area contributed by atoms with Gasteiger partial charge in [0, 0.05) is 4.47 Å². The molecule has 5 heteroatoms. The van der Waals surface area contributed by atoms with E-state index in [1.807, 2.05) is 31.2 Å². The lowest BCUT2D eigenvalue weighted by Crippen LogP contribution is -2.36. The van der Waals surface area contributed by atoms with Gasteiger partial charge in [-0.1, -0.05) is 28.1 Å². The van der Waals surface area contributed by atoms with Crippen LogP contribution in [0.4, 0.5) is 0 Å². The fraction of sp³-hybridized carbons (Fsp3) is 0.533. The number of hydrogen-bond donors (Lipinski definition) is 2. The van der Waals surface area contributed by atoms with Crippen molar-refractivity contribution in [1.82, 2.24) is 10.6 Å². The summed E-state index contributed by atoms with van der Waals surface area (Å²) in [5.74, 6) is -0.0593. The summed E-state index contributed by atoms with van der Waals surface area (Å²) in [5, 5.41) is 6.24. The molecule has 4 nitrogen and oxygen atoms in total. The summed E-state index contributed by atoms with van der Waals surface area (Å²) in [4.78, 5) is 11.9. The molecule has 1 aromatic carbocycles. The molecule has 0 bridgehead atoms. The van der Waals surface area contributed by atoms with Gasteiger partial charge in [-0.15, -0.1) is 0 Å². The summed E-state index contributed by atoms with van der Waals surface area (Å²) in [6.45, 7) is 4.06. The van der Waals surface area contributed by atoms with E-state index in [0.717, 1.165) is 36.0 Å². The van der Waals surface area contributed by atoms with Crippen molar-refractivity contribution < 1.29 is 9.53 Å². The average Bonchev–Trinajstić information content (AvgIpc) is 2.46. The van der Waals surface area contributed by atoms with Gasteiger partial charge in [-0.3, -0.25) is 4.79 Å². The van der Waals surface area contributed by atoms with Crippen molar-refractivity contribution in [2.24, 2.45) is 0 Å². The van der Waals surface area contributed by atoms with Crippen LogP contribution in [0.1, 0.15) is 31.4 Å². The van der Waals surface area contributed by atoms with Crippen molar-refractivity contribution in [3.8, 4) is 0 Å². The lowest BCUT2D eigenvalue weighted by molar-refractivity contribution is -0.128. The molecule has 0 saturated carbocycles. The van der Waals surface area contributed by atoms with E-state index in [9.17, 15) is 4.79 Å². The highest BCUT2D eigenvalue weighted by atomic mass is 79.9. The quantitative estimate of drug-likeness (QED) is 0.865. The van der Waals surface area contributed by atoms with Crippen LogP contribution in [-0.2, 0) is 9.53 Å². The minimum absolute atomic E-state index is 0.0170. The second-order valence-electron chi connectivity index (χ2n) is 5.10. The highest BCUT2D eigenvalue weighted by molar-refractivity contribution is 9.10. The van der Waals surface area contributed by atoms with E-state index in [4.69, 9.17) is 4.74 Å². The highest BCUT2D eigenvalue weighted by Crippen LogP contribution is 2.17. The predicted molar refractivity (Wildman–Crippen MR) is 82.5 cm³/mol. The van der Waals surface area contributed by atoms with Crippen LogP contribution in [0.3, 0.4) is 0 Å². The average molecular weight is 341 g/mol. The Labute approximate surface area is 128 Å². The Morgan fingerprint density at radius 1 is 1.50 bits per heavy atom. The minimum Gasteiger partial charge on any atom is -0.368 e. The molecule has 1 atom stereocenters. The molecule has 110 valence electrons. The van der Waals surface area contributed by atoms with Crippen LogP contribution >= 0.6 is 15.9 Å². The molecule has 1 aliphatic rings.